The molecule has 0 bridgehead atoms. The molecule has 0 spiro atoms. The van der Waals surface area contributed by atoms with Gasteiger partial charge in [-0.3, -0.25) is 9.59 Å². The van der Waals surface area contributed by atoms with E-state index >= 15 is 0 Å². The minimum Gasteiger partial charge on any atom is -0.359 e. The highest BCUT2D eigenvalue weighted by atomic mass is 16.2. The Balaban J connectivity index is 1.77. The summed E-state index contributed by atoms with van der Waals surface area (Å²) in [5.74, 6) is -0.249. The van der Waals surface area contributed by atoms with Gasteiger partial charge in [0, 0.05) is 12.7 Å². The van der Waals surface area contributed by atoms with E-state index in [9.17, 15) is 9.59 Å². The average Bonchev–Trinajstić information content (AvgIpc) is 3.14. The molecule has 138 valence electrons. The topological polar surface area (TPSA) is 76.0 Å². The van der Waals surface area contributed by atoms with Crippen LogP contribution in [0.5, 0.6) is 0 Å². The molecule has 0 fully saturated rings. The third kappa shape index (κ3) is 4.23. The highest BCUT2D eigenvalue weighted by Crippen LogP contribution is 2.18. The number of para-hydroxylation sites is 1. The van der Waals surface area contributed by atoms with Crippen LogP contribution >= 0.6 is 0 Å². The Morgan fingerprint density at radius 1 is 1.04 bits per heavy atom. The molecule has 0 saturated carbocycles. The van der Waals surface area contributed by atoms with Crippen molar-refractivity contribution in [3.8, 4) is 5.69 Å². The van der Waals surface area contributed by atoms with Crippen molar-refractivity contribution in [1.82, 2.24) is 15.1 Å². The smallest absolute Gasteiger partial charge is 0.259 e. The van der Waals surface area contributed by atoms with Gasteiger partial charge in [0.15, 0.2) is 0 Å². The summed E-state index contributed by atoms with van der Waals surface area (Å²) in [4.78, 5) is 24.1. The second kappa shape index (κ2) is 8.31. The summed E-state index contributed by atoms with van der Waals surface area (Å²) in [5, 5.41) is 9.88. The van der Waals surface area contributed by atoms with E-state index in [1.165, 1.54) is 0 Å². The van der Waals surface area contributed by atoms with Crippen molar-refractivity contribution in [2.24, 2.45) is 0 Å². The molecule has 1 aromatic heterocycles. The fourth-order valence-electron chi connectivity index (χ4n) is 2.87. The minimum absolute atomic E-state index is 0.0484. The number of carbonyl (C=O) groups excluding carboxylic acids is 2. The second-order valence-corrected chi connectivity index (χ2v) is 6.11. The van der Waals surface area contributed by atoms with Crippen LogP contribution in [0.4, 0.5) is 5.69 Å². The Morgan fingerprint density at radius 2 is 1.74 bits per heavy atom. The van der Waals surface area contributed by atoms with Crippen LogP contribution in [-0.2, 0) is 17.6 Å². The van der Waals surface area contributed by atoms with Crippen LogP contribution in [0.2, 0.25) is 0 Å². The molecule has 0 saturated heterocycles. The molecule has 6 nitrogen and oxygen atoms in total. The lowest BCUT2D eigenvalue weighted by molar-refractivity contribution is -0.119. The molecule has 0 aliphatic heterocycles. The number of likely N-dealkylation sites (N-methyl/N-ethyl adjacent to an activating group) is 1. The molecular formula is C21H22N4O2. The molecule has 0 radical (unpaired) electrons. The third-order valence-corrected chi connectivity index (χ3v) is 4.30. The van der Waals surface area contributed by atoms with Gasteiger partial charge >= 0.3 is 0 Å². The van der Waals surface area contributed by atoms with Crippen LogP contribution in [0.15, 0.2) is 60.8 Å². The van der Waals surface area contributed by atoms with Gasteiger partial charge in [0.2, 0.25) is 5.91 Å². The fourth-order valence-corrected chi connectivity index (χ4v) is 2.87. The number of hydrogen-bond acceptors (Lipinski definition) is 3. The molecule has 6 heteroatoms. The van der Waals surface area contributed by atoms with Gasteiger partial charge in [0.1, 0.15) is 0 Å². The standard InChI is InChI=1S/C21H22N4O2/c1-3-19-18(14-23-25(19)17-7-5-4-6-8-17)21(27)24-16-11-9-15(10-12-16)13-20(26)22-2/h4-12,14H,3,13H2,1-2H3,(H,22,26)(H,24,27). The summed E-state index contributed by atoms with van der Waals surface area (Å²) in [7, 11) is 1.61. The summed E-state index contributed by atoms with van der Waals surface area (Å²) in [6, 6.07) is 17.0. The zero-order valence-electron chi connectivity index (χ0n) is 15.4. The molecule has 2 N–H and O–H groups in total. The number of nitrogens with one attached hydrogen (secondary N) is 2. The number of anilines is 1. The maximum Gasteiger partial charge on any atom is 0.259 e. The van der Waals surface area contributed by atoms with E-state index in [4.69, 9.17) is 0 Å². The van der Waals surface area contributed by atoms with E-state index < -0.39 is 0 Å². The Bertz CT molecular complexity index is 931. The van der Waals surface area contributed by atoms with E-state index in [1.807, 2.05) is 49.4 Å². The molecule has 2 amide bonds. The van der Waals surface area contributed by atoms with Gasteiger partial charge < -0.3 is 10.6 Å². The Morgan fingerprint density at radius 3 is 2.37 bits per heavy atom. The van der Waals surface area contributed by atoms with E-state index in [2.05, 4.69) is 15.7 Å². The van der Waals surface area contributed by atoms with Crippen molar-refractivity contribution in [1.29, 1.82) is 0 Å². The first-order chi connectivity index (χ1) is 13.1. The molecule has 0 aliphatic rings. The number of nitrogens with zero attached hydrogens (tertiary/aromatic N) is 2. The van der Waals surface area contributed by atoms with Crippen LogP contribution in [0.3, 0.4) is 0 Å². The van der Waals surface area contributed by atoms with Crippen molar-refractivity contribution < 1.29 is 9.59 Å². The maximum absolute atomic E-state index is 12.7. The average molecular weight is 362 g/mol. The molecular weight excluding hydrogens is 340 g/mol. The lowest BCUT2D eigenvalue weighted by Gasteiger charge is -2.09. The molecule has 27 heavy (non-hydrogen) atoms. The van der Waals surface area contributed by atoms with E-state index in [0.29, 0.717) is 24.1 Å². The highest BCUT2D eigenvalue weighted by Gasteiger charge is 2.17. The number of amides is 2. The number of benzene rings is 2. The lowest BCUT2D eigenvalue weighted by atomic mass is 10.1. The largest absolute Gasteiger partial charge is 0.359 e. The summed E-state index contributed by atoms with van der Waals surface area (Å²) in [6.45, 7) is 2.00. The van der Waals surface area contributed by atoms with Crippen molar-refractivity contribution in [3.63, 3.8) is 0 Å². The van der Waals surface area contributed by atoms with Gasteiger partial charge in [-0.1, -0.05) is 37.3 Å². The van der Waals surface area contributed by atoms with Gasteiger partial charge in [0.05, 0.1) is 29.6 Å². The monoisotopic (exact) mass is 362 g/mol. The van der Waals surface area contributed by atoms with Crippen LogP contribution in [-0.4, -0.2) is 28.6 Å². The van der Waals surface area contributed by atoms with E-state index in [-0.39, 0.29) is 11.8 Å². The van der Waals surface area contributed by atoms with Crippen molar-refractivity contribution >= 4 is 17.5 Å². The number of carbonyl (C=O) groups is 2. The molecule has 3 aromatic rings. The Labute approximate surface area is 158 Å². The summed E-state index contributed by atoms with van der Waals surface area (Å²) in [5.41, 5.74) is 3.89. The predicted octanol–water partition coefficient (Wildman–Crippen LogP) is 2.98. The fraction of sp³-hybridized carbons (Fsp3) is 0.190. The summed E-state index contributed by atoms with van der Waals surface area (Å²) in [6.07, 6.45) is 2.60. The quantitative estimate of drug-likeness (QED) is 0.708. The van der Waals surface area contributed by atoms with Gasteiger partial charge in [-0.2, -0.15) is 5.10 Å². The molecule has 0 unspecified atom stereocenters. The van der Waals surface area contributed by atoms with Crippen molar-refractivity contribution in [3.05, 3.63) is 77.6 Å². The first-order valence-corrected chi connectivity index (χ1v) is 8.85. The second-order valence-electron chi connectivity index (χ2n) is 6.11. The number of hydrogen-bond donors (Lipinski definition) is 2. The van der Waals surface area contributed by atoms with Gasteiger partial charge in [-0.05, 0) is 36.2 Å². The molecule has 0 aliphatic carbocycles. The SMILES string of the molecule is CCc1c(C(=O)Nc2ccc(CC(=O)NC)cc2)cnn1-c1ccccc1. The van der Waals surface area contributed by atoms with Crippen LogP contribution in [0, 0.1) is 0 Å². The van der Waals surface area contributed by atoms with E-state index in [0.717, 1.165) is 16.9 Å². The molecule has 1 heterocycles. The van der Waals surface area contributed by atoms with Crippen LogP contribution in [0.25, 0.3) is 5.69 Å². The van der Waals surface area contributed by atoms with Crippen molar-refractivity contribution in [2.45, 2.75) is 19.8 Å². The highest BCUT2D eigenvalue weighted by molar-refractivity contribution is 6.05. The number of rotatable bonds is 6. The molecule has 2 aromatic carbocycles. The van der Waals surface area contributed by atoms with Crippen LogP contribution < -0.4 is 10.6 Å². The first kappa shape index (κ1) is 18.4. The van der Waals surface area contributed by atoms with Gasteiger partial charge in [-0.15, -0.1) is 0 Å². The summed E-state index contributed by atoms with van der Waals surface area (Å²) >= 11 is 0. The summed E-state index contributed by atoms with van der Waals surface area (Å²) < 4.78 is 1.79. The zero-order chi connectivity index (χ0) is 19.2. The van der Waals surface area contributed by atoms with Gasteiger partial charge in [-0.25, -0.2) is 4.68 Å². The molecule has 0 atom stereocenters. The maximum atomic E-state index is 12.7. The normalized spacial score (nSPS) is 10.4. The lowest BCUT2D eigenvalue weighted by Crippen LogP contribution is -2.19. The first-order valence-electron chi connectivity index (χ1n) is 8.85. The molecule has 3 rings (SSSR count). The van der Waals surface area contributed by atoms with Crippen LogP contribution in [0.1, 0.15) is 28.5 Å². The van der Waals surface area contributed by atoms with Gasteiger partial charge in [0.25, 0.3) is 5.91 Å². The zero-order valence-corrected chi connectivity index (χ0v) is 15.4. The Hall–Kier alpha value is -3.41. The van der Waals surface area contributed by atoms with Crippen molar-refractivity contribution in [2.75, 3.05) is 12.4 Å². The third-order valence-electron chi connectivity index (χ3n) is 4.30. The minimum atomic E-state index is -0.201. The number of aromatic nitrogens is 2. The Kier molecular flexibility index (Phi) is 5.66. The predicted molar refractivity (Wildman–Crippen MR) is 105 cm³/mol. The van der Waals surface area contributed by atoms with E-state index in [1.54, 1.807) is 30.1 Å².